The predicted octanol–water partition coefficient (Wildman–Crippen LogP) is 12.7. The fourth-order valence-electron chi connectivity index (χ4n) is 7.54. The third-order valence-electron chi connectivity index (χ3n) is 10.5. The summed E-state index contributed by atoms with van der Waals surface area (Å²) >= 11 is 0. The largest absolute Gasteiger partial charge is 2.00 e. The molecule has 0 atom stereocenters. The Labute approximate surface area is 361 Å². The number of fused-ring (bicyclic) bond motifs is 2. The van der Waals surface area contributed by atoms with Crippen LogP contribution in [0.3, 0.4) is 0 Å². The molecule has 0 bridgehead atoms. The molecular weight excluding hydrogens is 774 g/mol. The number of hydrogen-bond donors (Lipinski definition) is 0. The minimum absolute atomic E-state index is 0. The summed E-state index contributed by atoms with van der Waals surface area (Å²) in [6.07, 6.45) is 7.42. The van der Waals surface area contributed by atoms with Gasteiger partial charge in [0.2, 0.25) is 0 Å². The summed E-state index contributed by atoms with van der Waals surface area (Å²) in [6, 6.07) is 41.9. The van der Waals surface area contributed by atoms with Gasteiger partial charge in [-0.15, -0.1) is 0 Å². The minimum Gasteiger partial charge on any atom is -0.443 e. The first-order valence-electron chi connectivity index (χ1n) is 20.4. The molecule has 6 nitrogen and oxygen atoms in total. The van der Waals surface area contributed by atoms with Gasteiger partial charge in [0.15, 0.2) is 0 Å². The van der Waals surface area contributed by atoms with Gasteiger partial charge >= 0.3 is 19.5 Å². The molecule has 59 heavy (non-hydrogen) atoms. The van der Waals surface area contributed by atoms with Gasteiger partial charge in [0, 0.05) is 17.8 Å². The molecule has 0 spiro atoms. The van der Waals surface area contributed by atoms with Crippen LogP contribution in [-0.2, 0) is 19.5 Å². The molecule has 4 heterocycles. The Kier molecular flexibility index (Phi) is 14.0. The molecule has 0 aliphatic heterocycles. The van der Waals surface area contributed by atoms with Gasteiger partial charge in [0.25, 0.3) is 0 Å². The number of nitrogens with zero attached hydrogens (tertiary/aromatic N) is 6. The summed E-state index contributed by atoms with van der Waals surface area (Å²) in [5, 5.41) is 4.49. The first kappa shape index (κ1) is 42.8. The van der Waals surface area contributed by atoms with Crippen LogP contribution in [0.25, 0.3) is 43.8 Å². The van der Waals surface area contributed by atoms with Gasteiger partial charge in [-0.25, -0.2) is 0 Å². The summed E-state index contributed by atoms with van der Waals surface area (Å²) < 4.78 is 0. The Hall–Kier alpha value is -5.78. The summed E-state index contributed by atoms with van der Waals surface area (Å²) in [5.74, 6) is 3.07. The van der Waals surface area contributed by atoms with Gasteiger partial charge in [-0.1, -0.05) is 182 Å². The van der Waals surface area contributed by atoms with E-state index in [9.17, 15) is 0 Å². The van der Waals surface area contributed by atoms with E-state index >= 15 is 0 Å². The van der Waals surface area contributed by atoms with Crippen LogP contribution in [0.15, 0.2) is 156 Å². The maximum Gasteiger partial charge on any atom is 2.00 e. The molecule has 0 saturated heterocycles. The zero-order valence-corrected chi connectivity index (χ0v) is 38.5. The van der Waals surface area contributed by atoms with Crippen molar-refractivity contribution >= 4 is 33.2 Å². The Morgan fingerprint density at radius 1 is 0.441 bits per heavy atom. The van der Waals surface area contributed by atoms with Crippen LogP contribution in [0.4, 0.5) is 11.6 Å². The van der Waals surface area contributed by atoms with Crippen molar-refractivity contribution in [2.45, 2.75) is 79.1 Å². The fourth-order valence-corrected chi connectivity index (χ4v) is 7.54. The van der Waals surface area contributed by atoms with Gasteiger partial charge in [-0.3, -0.25) is 9.97 Å². The second-order valence-electron chi connectivity index (χ2n) is 16.1. The predicted molar refractivity (Wildman–Crippen MR) is 241 cm³/mol. The molecule has 0 radical (unpaired) electrons. The van der Waals surface area contributed by atoms with Crippen molar-refractivity contribution in [2.24, 2.45) is 9.98 Å². The molecule has 0 aliphatic rings. The van der Waals surface area contributed by atoms with Crippen LogP contribution in [-0.4, -0.2) is 9.97 Å². The number of aromatic nitrogens is 4. The molecule has 8 aromatic rings. The number of pyridine rings is 4. The SMILES string of the molecule is CC(C)c1cccc(C(C)C)c1-c1ccnc(N=c2cc(-c3c(C(C)C)cccc3C(C)C)cc[n-]2)c1.[Zn+2].c1ccc2cc(/N=c3/cc4ccccc4c[n-]3)ncc2c1. The Balaban J connectivity index is 0.000000224. The Morgan fingerprint density at radius 3 is 1.47 bits per heavy atom. The van der Waals surface area contributed by atoms with Gasteiger partial charge in [0.05, 0.1) is 11.6 Å². The van der Waals surface area contributed by atoms with E-state index in [4.69, 9.17) is 4.99 Å². The van der Waals surface area contributed by atoms with E-state index in [2.05, 4.69) is 153 Å². The van der Waals surface area contributed by atoms with Crippen molar-refractivity contribution < 1.29 is 19.5 Å². The van der Waals surface area contributed by atoms with E-state index in [1.54, 1.807) is 0 Å². The summed E-state index contributed by atoms with van der Waals surface area (Å²) in [7, 11) is 0. The molecule has 7 heteroatoms. The zero-order chi connectivity index (χ0) is 40.8. The van der Waals surface area contributed by atoms with Crippen LogP contribution in [0.5, 0.6) is 0 Å². The molecule has 292 valence electrons. The van der Waals surface area contributed by atoms with E-state index in [-0.39, 0.29) is 19.5 Å². The molecular formula is C52H52N6Zn. The molecule has 0 unspecified atom stereocenters. The number of benzene rings is 4. The quantitative estimate of drug-likeness (QED) is 0.143. The average Bonchev–Trinajstić information content (AvgIpc) is 3.23. The minimum atomic E-state index is 0. The molecule has 0 amide bonds. The molecule has 0 fully saturated rings. The van der Waals surface area contributed by atoms with Crippen molar-refractivity contribution in [1.29, 1.82) is 0 Å². The van der Waals surface area contributed by atoms with Crippen LogP contribution in [0.2, 0.25) is 0 Å². The van der Waals surface area contributed by atoms with Crippen molar-refractivity contribution in [2.75, 3.05) is 0 Å². The Bertz CT molecular complexity index is 2770. The van der Waals surface area contributed by atoms with Gasteiger partial charge in [0.1, 0.15) is 0 Å². The fraction of sp³-hybridized carbons (Fsp3) is 0.231. The summed E-state index contributed by atoms with van der Waals surface area (Å²) in [4.78, 5) is 27.4. The van der Waals surface area contributed by atoms with Gasteiger partial charge < -0.3 is 20.0 Å². The first-order chi connectivity index (χ1) is 28.0. The zero-order valence-electron chi connectivity index (χ0n) is 35.6. The van der Waals surface area contributed by atoms with E-state index < -0.39 is 0 Å². The van der Waals surface area contributed by atoms with Crippen molar-refractivity contribution in [3.8, 4) is 22.3 Å². The molecule has 8 rings (SSSR count). The third-order valence-corrected chi connectivity index (χ3v) is 10.5. The molecule has 0 N–H and O–H groups in total. The van der Waals surface area contributed by atoms with Crippen molar-refractivity contribution in [3.63, 3.8) is 0 Å². The second-order valence-corrected chi connectivity index (χ2v) is 16.1. The maximum absolute atomic E-state index is 4.89. The summed E-state index contributed by atoms with van der Waals surface area (Å²) in [6.45, 7) is 18.0. The molecule has 0 saturated carbocycles. The van der Waals surface area contributed by atoms with Crippen LogP contribution in [0.1, 0.15) is 101 Å². The van der Waals surface area contributed by atoms with E-state index in [1.807, 2.05) is 73.3 Å². The van der Waals surface area contributed by atoms with E-state index in [0.717, 1.165) is 32.7 Å². The van der Waals surface area contributed by atoms with Crippen LogP contribution >= 0.6 is 0 Å². The van der Waals surface area contributed by atoms with Gasteiger partial charge in [-0.05, 0) is 103 Å². The van der Waals surface area contributed by atoms with Crippen molar-refractivity contribution in [3.05, 3.63) is 179 Å². The average molecular weight is 826 g/mol. The van der Waals surface area contributed by atoms with E-state index in [1.165, 1.54) is 33.4 Å². The molecule has 4 aromatic heterocycles. The smallest absolute Gasteiger partial charge is 0.443 e. The third kappa shape index (κ3) is 10.1. The standard InChI is InChI=1S/C34H40N3.C18H12N3.Zn/c1-21(2)27-11-9-12-28(22(3)4)33(27)25-15-17-35-31(19-25)37-32-20-26(16-18-36-32)34-29(23(5)6)13-10-14-30(34)24(7)8;1-3-7-15-11-19-17(9-13(15)5-1)21-18-10-14-6-2-4-8-16(14)12-20-18;/h9-24H,1-8H3;1-12H;/q2*-1;+2. The number of rotatable bonds is 8. The van der Waals surface area contributed by atoms with Crippen LogP contribution in [0, 0.1) is 0 Å². The normalized spacial score (nSPS) is 12.1. The second kappa shape index (κ2) is 19.3. The molecule has 0 aliphatic carbocycles. The first-order valence-corrected chi connectivity index (χ1v) is 20.4. The maximum atomic E-state index is 4.89. The summed E-state index contributed by atoms with van der Waals surface area (Å²) in [5.41, 5.74) is 11.7. The monoisotopic (exact) mass is 824 g/mol. The van der Waals surface area contributed by atoms with Crippen LogP contribution < -0.4 is 20.9 Å². The number of hydrogen-bond acceptors (Lipinski definition) is 4. The van der Waals surface area contributed by atoms with E-state index in [0.29, 0.717) is 46.3 Å². The van der Waals surface area contributed by atoms with Crippen molar-refractivity contribution in [1.82, 2.24) is 19.9 Å². The Morgan fingerprint density at radius 2 is 0.915 bits per heavy atom. The van der Waals surface area contributed by atoms with Gasteiger partial charge in [-0.2, -0.15) is 0 Å². The topological polar surface area (TPSA) is 78.7 Å². The molecule has 4 aromatic carbocycles.